The van der Waals surface area contributed by atoms with Gasteiger partial charge in [-0.1, -0.05) is 297 Å². The van der Waals surface area contributed by atoms with Crippen LogP contribution in [0.15, 0.2) is 287 Å². The number of imidazole rings is 2. The summed E-state index contributed by atoms with van der Waals surface area (Å²) in [6.07, 6.45) is 0.368. The lowest BCUT2D eigenvalue weighted by molar-refractivity contribution is -0.301. The van der Waals surface area contributed by atoms with Crippen molar-refractivity contribution in [2.75, 3.05) is 0 Å². The molecule has 0 N–H and O–H groups in total. The van der Waals surface area contributed by atoms with Crippen LogP contribution >= 0.6 is 0 Å². The van der Waals surface area contributed by atoms with E-state index < -0.39 is 80.7 Å². The van der Waals surface area contributed by atoms with Crippen molar-refractivity contribution in [3.05, 3.63) is 338 Å². The fraction of sp³-hybridized carbons (Fsp3) is 0.412. The summed E-state index contributed by atoms with van der Waals surface area (Å²) in [5.74, 6) is 1.94. The Morgan fingerprint density at radius 2 is 0.730 bits per heavy atom. The SMILES string of the molecule is CC(C)(C)C(F)(F)OCc1cccc(-c2cccnc2)c1.CC(C)(C)C(F)(F)OCc1cccc(-c2ncccn2)c1.CC(C)(C)C(F)(F)OCc1cccc(-n2cnc(C3CC3)c2)c1.CC(C)(C)C(F)(F)OCc1ccccc1-c1cccnc1.CC(C)(C)C(F)(F)OCc1ccccc1-n1cncn1.Cc1nccn1-c1ccccc1COC(F)(F)C(C)(C)C.Cn1nc(COC(F)(F)C(C)(C)C)cc1-c1ccccc1. The summed E-state index contributed by atoms with van der Waals surface area (Å²) in [7, 11) is 1.79. The summed E-state index contributed by atoms with van der Waals surface area (Å²) in [6, 6.07) is 64.3. The van der Waals surface area contributed by atoms with Gasteiger partial charge in [-0.15, -0.1) is 0 Å². The number of para-hydroxylation sites is 2. The quantitative estimate of drug-likeness (QED) is 0.0400. The van der Waals surface area contributed by atoms with Gasteiger partial charge in [-0.25, -0.2) is 29.6 Å². The molecule has 7 aromatic carbocycles. The van der Waals surface area contributed by atoms with Gasteiger partial charge >= 0.3 is 42.8 Å². The number of halogens is 14. The topological polar surface area (TPSA) is 200 Å². The van der Waals surface area contributed by atoms with E-state index in [0.29, 0.717) is 50.9 Å². The molecule has 0 saturated heterocycles. The molecule has 14 aromatic rings. The predicted octanol–water partition coefficient (Wildman–Crippen LogP) is 31.0. The second kappa shape index (κ2) is 50.2. The van der Waals surface area contributed by atoms with Crippen LogP contribution in [-0.4, -0.2) is 106 Å². The molecule has 20 nitrogen and oxygen atoms in total. The van der Waals surface area contributed by atoms with E-state index in [2.05, 4.69) is 45.1 Å². The van der Waals surface area contributed by atoms with Gasteiger partial charge < -0.3 is 42.3 Å². The average Bonchev–Trinajstić information content (AvgIpc) is 1.59. The van der Waals surface area contributed by atoms with E-state index in [-0.39, 0.29) is 46.2 Å². The van der Waals surface area contributed by atoms with Crippen LogP contribution in [0.3, 0.4) is 0 Å². The van der Waals surface area contributed by atoms with E-state index in [1.165, 1.54) is 176 Å². The summed E-state index contributed by atoms with van der Waals surface area (Å²) in [5, 5.41) is 8.23. The molecular formula is C114H135F14N13O7. The molecular weight excluding hydrogens is 1930 g/mol. The van der Waals surface area contributed by atoms with Gasteiger partial charge in [0.25, 0.3) is 0 Å². The van der Waals surface area contributed by atoms with Crippen molar-refractivity contribution in [3.8, 4) is 62.0 Å². The van der Waals surface area contributed by atoms with Gasteiger partial charge in [0.2, 0.25) is 0 Å². The summed E-state index contributed by atoms with van der Waals surface area (Å²) in [6.45, 7) is 31.3. The minimum Gasteiger partial charge on any atom is -0.315 e. The van der Waals surface area contributed by atoms with E-state index >= 15 is 0 Å². The Labute approximate surface area is 858 Å². The van der Waals surface area contributed by atoms with Crippen LogP contribution in [0.2, 0.25) is 0 Å². The third kappa shape index (κ3) is 34.5. The standard InChI is InChI=1S/C18H22F2N2O.2C17H19F2NO.2C16H20F2N2O.C16H18F2N2O.C14H17F2N3O/c1-17(2,3)18(19,20)23-11-13-5-4-6-15(9-13)22-10-16(21-12-22)14-7-8-14;1-16(2,3)17(18,19)21-12-13-6-4-7-14(10-13)15-8-5-9-20-11-15;1-16(2,3)17(18,19)21-12-14-7-4-5-9-15(14)13-8-6-10-20-11-13;1-12-19-9-10-20(12)14-8-6-5-7-13(14)11-21-16(17,18)15(2,3)4;1-15(2,3)16(17,18)21-11-13-10-14(20(4)19-13)12-8-6-5-7-9-12;1-15(2,3)16(17,18)21-11-12-6-4-7-13(10-12)14-19-8-5-9-20-14;1-13(2,3)14(15,16)20-8-11-6-4-5-7-12(11)19-10-17-9-18-19/h4-6,9-10,12,14H,7-8,11H2,1-3H3;2*4-11H,12H2,1-3H3;2*5-10H,11H2,1-4H3;4-10H,11H2,1-3H3;4-7,9-10H,8H2,1-3H3. The monoisotopic (exact) mass is 2060 g/mol. The fourth-order valence-electron chi connectivity index (χ4n) is 12.8. The van der Waals surface area contributed by atoms with Gasteiger partial charge in [-0.2, -0.15) is 71.7 Å². The Morgan fingerprint density at radius 1 is 0.331 bits per heavy atom. The maximum atomic E-state index is 13.9. The average molecular weight is 2070 g/mol. The maximum Gasteiger partial charge on any atom is 0.360 e. The highest BCUT2D eigenvalue weighted by molar-refractivity contribution is 5.67. The van der Waals surface area contributed by atoms with Gasteiger partial charge in [0, 0.05) is 96.7 Å². The van der Waals surface area contributed by atoms with E-state index in [0.717, 1.165) is 67.5 Å². The highest BCUT2D eigenvalue weighted by Crippen LogP contribution is 2.46. The van der Waals surface area contributed by atoms with Crippen molar-refractivity contribution in [2.45, 2.75) is 260 Å². The number of benzene rings is 7. The molecule has 15 rings (SSSR count). The fourth-order valence-corrected chi connectivity index (χ4v) is 12.8. The molecule has 0 radical (unpaired) electrons. The maximum absolute atomic E-state index is 13.9. The molecule has 1 saturated carbocycles. The minimum absolute atomic E-state index is 0.123. The molecule has 1 aliphatic carbocycles. The number of aryl methyl sites for hydroxylation is 2. The second-order valence-electron chi connectivity index (χ2n) is 42.6. The van der Waals surface area contributed by atoms with Gasteiger partial charge in [-0.3, -0.25) is 14.6 Å². The summed E-state index contributed by atoms with van der Waals surface area (Å²) in [4.78, 5) is 28.8. The van der Waals surface area contributed by atoms with Crippen molar-refractivity contribution >= 4 is 0 Å². The van der Waals surface area contributed by atoms with Gasteiger partial charge in [0.1, 0.15) is 18.5 Å². The molecule has 0 spiro atoms. The Kier molecular flexibility index (Phi) is 40.3. The van der Waals surface area contributed by atoms with Crippen LogP contribution in [0, 0.1) is 44.8 Å². The number of rotatable bonds is 29. The first-order valence-electron chi connectivity index (χ1n) is 48.1. The molecule has 0 bridgehead atoms. The lowest BCUT2D eigenvalue weighted by atomic mass is 9.95. The zero-order chi connectivity index (χ0) is 109. The van der Waals surface area contributed by atoms with Crippen molar-refractivity contribution < 1.29 is 94.6 Å². The lowest BCUT2D eigenvalue weighted by Crippen LogP contribution is -2.36. The third-order valence-electron chi connectivity index (χ3n) is 23.2. The van der Waals surface area contributed by atoms with Crippen LogP contribution < -0.4 is 0 Å². The lowest BCUT2D eigenvalue weighted by Gasteiger charge is -2.30. The molecule has 0 amide bonds. The van der Waals surface area contributed by atoms with E-state index in [4.69, 9.17) is 33.2 Å². The van der Waals surface area contributed by atoms with E-state index in [1.54, 1.807) is 140 Å². The number of pyridine rings is 2. The van der Waals surface area contributed by atoms with E-state index in [1.807, 2.05) is 162 Å². The molecule has 7 aromatic heterocycles. The molecule has 7 heterocycles. The van der Waals surface area contributed by atoms with Gasteiger partial charge in [-0.05, 0) is 125 Å². The number of ether oxygens (including phenoxy) is 7. The first kappa shape index (κ1) is 119. The summed E-state index contributed by atoms with van der Waals surface area (Å²) < 4.78 is 235. The zero-order valence-corrected chi connectivity index (χ0v) is 88.0. The summed E-state index contributed by atoms with van der Waals surface area (Å²) in [5.41, 5.74) is 5.66. The van der Waals surface area contributed by atoms with Crippen molar-refractivity contribution in [1.29, 1.82) is 0 Å². The molecule has 796 valence electrons. The van der Waals surface area contributed by atoms with Crippen LogP contribution in [0.1, 0.15) is 215 Å². The Bertz CT molecular complexity index is 6290. The first-order chi connectivity index (χ1) is 68.9. The van der Waals surface area contributed by atoms with Crippen molar-refractivity contribution in [2.24, 2.45) is 45.0 Å². The molecule has 148 heavy (non-hydrogen) atoms. The van der Waals surface area contributed by atoms with E-state index in [9.17, 15) is 61.5 Å². The minimum atomic E-state index is -3.21. The highest BCUT2D eigenvalue weighted by Gasteiger charge is 2.50. The van der Waals surface area contributed by atoms with Crippen LogP contribution in [0.4, 0.5) is 61.5 Å². The van der Waals surface area contributed by atoms with Crippen LogP contribution in [0.25, 0.3) is 62.0 Å². The normalized spacial score (nSPS) is 13.1. The molecule has 1 aliphatic rings. The molecule has 0 atom stereocenters. The highest BCUT2D eigenvalue weighted by atomic mass is 19.3. The van der Waals surface area contributed by atoms with Gasteiger partial charge in [0.05, 0.1) is 119 Å². The predicted molar refractivity (Wildman–Crippen MR) is 545 cm³/mol. The number of alkyl halides is 14. The van der Waals surface area contributed by atoms with Gasteiger partial charge in [0.15, 0.2) is 5.82 Å². The number of hydrogen-bond donors (Lipinski definition) is 0. The summed E-state index contributed by atoms with van der Waals surface area (Å²) >= 11 is 0. The largest absolute Gasteiger partial charge is 0.360 e. The Hall–Kier alpha value is -12.6. The number of hydrogen-bond acceptors (Lipinski definition) is 16. The molecule has 0 unspecified atom stereocenters. The zero-order valence-electron chi connectivity index (χ0n) is 88.0. The van der Waals surface area contributed by atoms with Crippen LogP contribution in [0.5, 0.6) is 0 Å². The van der Waals surface area contributed by atoms with Crippen molar-refractivity contribution in [3.63, 3.8) is 0 Å². The first-order valence-corrected chi connectivity index (χ1v) is 48.1. The van der Waals surface area contributed by atoms with Crippen LogP contribution in [-0.2, 0) is 86.5 Å². The smallest absolute Gasteiger partial charge is 0.315 e. The molecule has 34 heteroatoms. The molecule has 1 fully saturated rings. The number of aromatic nitrogens is 13. The van der Waals surface area contributed by atoms with Crippen molar-refractivity contribution in [1.82, 2.24) is 63.6 Å². The number of nitrogens with zero attached hydrogens (tertiary/aromatic N) is 13. The molecule has 0 aliphatic heterocycles. The Balaban J connectivity index is 0.000000192. The Morgan fingerprint density at radius 3 is 1.18 bits per heavy atom. The third-order valence-corrected chi connectivity index (χ3v) is 23.2. The second-order valence-corrected chi connectivity index (χ2v) is 42.6.